The summed E-state index contributed by atoms with van der Waals surface area (Å²) in [6.45, 7) is 2.00. The normalized spacial score (nSPS) is 12.1. The van der Waals surface area contributed by atoms with Crippen LogP contribution in [0.2, 0.25) is 0 Å². The number of aliphatic imine (C=N–C) groups is 1. The summed E-state index contributed by atoms with van der Waals surface area (Å²) in [7, 11) is 1.77. The minimum Gasteiger partial charge on any atom is -0.354 e. The van der Waals surface area contributed by atoms with E-state index >= 15 is 0 Å². The lowest BCUT2D eigenvalue weighted by atomic mass is 10.2. The Morgan fingerprint density at radius 3 is 3.07 bits per heavy atom. The van der Waals surface area contributed by atoms with Crippen molar-refractivity contribution in [3.8, 4) is 0 Å². The standard InChI is InChI=1S/C12H13N3/c1-3-4-11-9(7-13-2)10-8-14-6-5-12(10)15-11/h3-8,15H,1-2H3/b4-3-,13-7?. The summed E-state index contributed by atoms with van der Waals surface area (Å²) >= 11 is 0. The molecule has 0 saturated heterocycles. The van der Waals surface area contributed by atoms with Crippen LogP contribution < -0.4 is 0 Å². The SMILES string of the molecule is C/C=C\c1[nH]c2ccncc2c1C=NC. The Labute approximate surface area is 88.6 Å². The highest BCUT2D eigenvalue weighted by Gasteiger charge is 2.06. The van der Waals surface area contributed by atoms with Crippen molar-refractivity contribution in [3.05, 3.63) is 35.8 Å². The van der Waals surface area contributed by atoms with Gasteiger partial charge in [0.2, 0.25) is 0 Å². The molecule has 0 spiro atoms. The molecule has 0 aromatic carbocycles. The molecular formula is C12H13N3. The molecule has 76 valence electrons. The minimum atomic E-state index is 1.08. The lowest BCUT2D eigenvalue weighted by Crippen LogP contribution is -1.82. The largest absolute Gasteiger partial charge is 0.354 e. The van der Waals surface area contributed by atoms with Crippen LogP contribution in [0.25, 0.3) is 17.0 Å². The molecule has 1 N–H and O–H groups in total. The summed E-state index contributed by atoms with van der Waals surface area (Å²) in [6.07, 6.45) is 9.54. The first-order valence-electron chi connectivity index (χ1n) is 4.87. The maximum Gasteiger partial charge on any atom is 0.0496 e. The van der Waals surface area contributed by atoms with Crippen LogP contribution in [-0.4, -0.2) is 23.2 Å². The third kappa shape index (κ3) is 1.68. The van der Waals surface area contributed by atoms with Gasteiger partial charge in [-0.3, -0.25) is 9.98 Å². The van der Waals surface area contributed by atoms with Crippen molar-refractivity contribution in [2.45, 2.75) is 6.92 Å². The third-order valence-electron chi connectivity index (χ3n) is 2.26. The first-order chi connectivity index (χ1) is 7.36. The average Bonchev–Trinajstić information content (AvgIpc) is 2.59. The van der Waals surface area contributed by atoms with E-state index in [1.807, 2.05) is 37.6 Å². The van der Waals surface area contributed by atoms with Crippen molar-refractivity contribution in [1.82, 2.24) is 9.97 Å². The van der Waals surface area contributed by atoms with E-state index in [4.69, 9.17) is 0 Å². The molecule has 0 atom stereocenters. The Hall–Kier alpha value is -1.90. The number of nitrogens with one attached hydrogen (secondary N) is 1. The van der Waals surface area contributed by atoms with Gasteiger partial charge in [-0.2, -0.15) is 0 Å². The smallest absolute Gasteiger partial charge is 0.0496 e. The quantitative estimate of drug-likeness (QED) is 0.742. The van der Waals surface area contributed by atoms with Crippen LogP contribution in [0, 0.1) is 0 Å². The van der Waals surface area contributed by atoms with Gasteiger partial charge in [-0.15, -0.1) is 0 Å². The molecule has 0 saturated carbocycles. The van der Waals surface area contributed by atoms with Crippen molar-refractivity contribution >= 4 is 23.2 Å². The number of fused-ring (bicyclic) bond motifs is 1. The first kappa shape index (κ1) is 9.65. The molecule has 3 heteroatoms. The molecule has 0 aliphatic rings. The second-order valence-electron chi connectivity index (χ2n) is 3.26. The second kappa shape index (κ2) is 4.09. The zero-order valence-electron chi connectivity index (χ0n) is 8.86. The van der Waals surface area contributed by atoms with E-state index < -0.39 is 0 Å². The molecule has 0 aliphatic carbocycles. The molecule has 2 aromatic heterocycles. The van der Waals surface area contributed by atoms with Crippen LogP contribution in [0.1, 0.15) is 18.2 Å². The van der Waals surface area contributed by atoms with Crippen molar-refractivity contribution < 1.29 is 0 Å². The van der Waals surface area contributed by atoms with Crippen molar-refractivity contribution in [2.24, 2.45) is 4.99 Å². The molecule has 0 unspecified atom stereocenters. The topological polar surface area (TPSA) is 41.0 Å². The van der Waals surface area contributed by atoms with Gasteiger partial charge in [-0.05, 0) is 19.1 Å². The van der Waals surface area contributed by atoms with Gasteiger partial charge < -0.3 is 4.98 Å². The highest BCUT2D eigenvalue weighted by Crippen LogP contribution is 2.20. The zero-order chi connectivity index (χ0) is 10.7. The number of H-pyrrole nitrogens is 1. The third-order valence-corrected chi connectivity index (χ3v) is 2.26. The van der Waals surface area contributed by atoms with Gasteiger partial charge in [0.1, 0.15) is 0 Å². The lowest BCUT2D eigenvalue weighted by molar-refractivity contribution is 1.35. The van der Waals surface area contributed by atoms with Crippen LogP contribution in [0.3, 0.4) is 0 Å². The fourth-order valence-electron chi connectivity index (χ4n) is 1.64. The maximum absolute atomic E-state index is 4.12. The van der Waals surface area contributed by atoms with Gasteiger partial charge in [0.05, 0.1) is 0 Å². The predicted octanol–water partition coefficient (Wildman–Crippen LogP) is 2.64. The molecule has 3 nitrogen and oxygen atoms in total. The van der Waals surface area contributed by atoms with Crippen molar-refractivity contribution in [1.29, 1.82) is 0 Å². The zero-order valence-corrected chi connectivity index (χ0v) is 8.86. The highest BCUT2D eigenvalue weighted by molar-refractivity contribution is 6.02. The van der Waals surface area contributed by atoms with E-state index in [9.17, 15) is 0 Å². The Morgan fingerprint density at radius 1 is 1.47 bits per heavy atom. The molecule has 0 radical (unpaired) electrons. The molecule has 2 heterocycles. The van der Waals surface area contributed by atoms with Crippen LogP contribution in [0.5, 0.6) is 0 Å². The Bertz CT molecular complexity index is 521. The number of aromatic nitrogens is 2. The molecule has 0 amide bonds. The van der Waals surface area contributed by atoms with Crippen molar-refractivity contribution in [3.63, 3.8) is 0 Å². The van der Waals surface area contributed by atoms with E-state index in [0.717, 1.165) is 22.2 Å². The van der Waals surface area contributed by atoms with E-state index in [1.165, 1.54) is 0 Å². The monoisotopic (exact) mass is 199 g/mol. The Morgan fingerprint density at radius 2 is 2.33 bits per heavy atom. The molecule has 0 aliphatic heterocycles. The number of nitrogens with zero attached hydrogens (tertiary/aromatic N) is 2. The maximum atomic E-state index is 4.12. The minimum absolute atomic E-state index is 1.08. The van der Waals surface area contributed by atoms with E-state index in [0.29, 0.717) is 0 Å². The summed E-state index contributed by atoms with van der Waals surface area (Å²) in [6, 6.07) is 1.97. The molecule has 2 aromatic rings. The van der Waals surface area contributed by atoms with E-state index in [-0.39, 0.29) is 0 Å². The molecule has 15 heavy (non-hydrogen) atoms. The number of rotatable bonds is 2. The van der Waals surface area contributed by atoms with Crippen LogP contribution >= 0.6 is 0 Å². The predicted molar refractivity (Wildman–Crippen MR) is 64.3 cm³/mol. The van der Waals surface area contributed by atoms with Gasteiger partial charge in [0.15, 0.2) is 0 Å². The van der Waals surface area contributed by atoms with Gasteiger partial charge in [-0.25, -0.2) is 0 Å². The Balaban J connectivity index is 2.74. The fourth-order valence-corrected chi connectivity index (χ4v) is 1.64. The summed E-state index contributed by atoms with van der Waals surface area (Å²) in [5.41, 5.74) is 3.26. The molecule has 0 bridgehead atoms. The van der Waals surface area contributed by atoms with Gasteiger partial charge in [0.25, 0.3) is 0 Å². The molecular weight excluding hydrogens is 186 g/mol. The molecule has 2 rings (SSSR count). The van der Waals surface area contributed by atoms with Crippen molar-refractivity contribution in [2.75, 3.05) is 7.05 Å². The average molecular weight is 199 g/mol. The molecule has 0 fully saturated rings. The number of aromatic amines is 1. The number of pyridine rings is 1. The summed E-state index contributed by atoms with van der Waals surface area (Å²) in [5, 5.41) is 1.11. The Kier molecular flexibility index (Phi) is 2.63. The summed E-state index contributed by atoms with van der Waals surface area (Å²) < 4.78 is 0. The fraction of sp³-hybridized carbons (Fsp3) is 0.167. The number of hydrogen-bond donors (Lipinski definition) is 1. The van der Waals surface area contributed by atoms with E-state index in [1.54, 1.807) is 13.2 Å². The number of allylic oxidation sites excluding steroid dienone is 1. The van der Waals surface area contributed by atoms with Gasteiger partial charge in [-0.1, -0.05) is 6.08 Å². The lowest BCUT2D eigenvalue weighted by Gasteiger charge is -1.91. The number of hydrogen-bond acceptors (Lipinski definition) is 2. The summed E-state index contributed by atoms with van der Waals surface area (Å²) in [4.78, 5) is 11.5. The second-order valence-corrected chi connectivity index (χ2v) is 3.26. The van der Waals surface area contributed by atoms with E-state index in [2.05, 4.69) is 15.0 Å². The summed E-state index contributed by atoms with van der Waals surface area (Å²) in [5.74, 6) is 0. The van der Waals surface area contributed by atoms with Crippen LogP contribution in [0.4, 0.5) is 0 Å². The highest BCUT2D eigenvalue weighted by atomic mass is 14.7. The first-order valence-corrected chi connectivity index (χ1v) is 4.87. The van der Waals surface area contributed by atoms with Gasteiger partial charge in [0, 0.05) is 47.8 Å². The van der Waals surface area contributed by atoms with Gasteiger partial charge >= 0.3 is 0 Å². The van der Waals surface area contributed by atoms with Crippen LogP contribution in [0.15, 0.2) is 29.5 Å². The van der Waals surface area contributed by atoms with Crippen LogP contribution in [-0.2, 0) is 0 Å².